The second-order valence-corrected chi connectivity index (χ2v) is 5.36. The average molecular weight is 291 g/mol. The first-order valence-electron chi connectivity index (χ1n) is 7.66. The lowest BCUT2D eigenvalue weighted by molar-refractivity contribution is -0.121. The molecule has 3 N–H and O–H groups in total. The second kappa shape index (κ2) is 8.64. The third-order valence-corrected chi connectivity index (χ3v) is 3.75. The van der Waals surface area contributed by atoms with Gasteiger partial charge in [-0.25, -0.2) is 0 Å². The summed E-state index contributed by atoms with van der Waals surface area (Å²) in [6.45, 7) is 5.41. The molecule has 1 aliphatic rings. The Hall–Kier alpha value is -1.59. The van der Waals surface area contributed by atoms with Crippen molar-refractivity contribution in [2.45, 2.75) is 19.3 Å². The monoisotopic (exact) mass is 291 g/mol. The predicted octanol–water partition coefficient (Wildman–Crippen LogP) is 1.04. The third kappa shape index (κ3) is 5.73. The lowest BCUT2D eigenvalue weighted by Crippen LogP contribution is -2.38. The van der Waals surface area contributed by atoms with E-state index in [1.54, 1.807) is 0 Å². The number of rotatable bonds is 7. The molecule has 0 saturated carbocycles. The normalized spacial score (nSPS) is 15.8. The standard InChI is InChI=1S/C16H25N3O2/c17-15-5-2-1-4-14(15)6-7-16(20)18-8-3-9-19-10-12-21-13-11-19/h1-2,4-5H,3,6-13,17H2,(H,18,20). The summed E-state index contributed by atoms with van der Waals surface area (Å²) in [5.74, 6) is 0.0974. The summed E-state index contributed by atoms with van der Waals surface area (Å²) in [5.41, 5.74) is 7.67. The van der Waals surface area contributed by atoms with Crippen molar-refractivity contribution >= 4 is 11.6 Å². The molecular formula is C16H25N3O2. The molecule has 1 saturated heterocycles. The number of nitrogens with zero attached hydrogens (tertiary/aromatic N) is 1. The highest BCUT2D eigenvalue weighted by Crippen LogP contribution is 2.12. The molecule has 0 atom stereocenters. The summed E-state index contributed by atoms with van der Waals surface area (Å²) in [7, 11) is 0. The first kappa shape index (κ1) is 15.8. The number of para-hydroxylation sites is 1. The van der Waals surface area contributed by atoms with Crippen molar-refractivity contribution < 1.29 is 9.53 Å². The van der Waals surface area contributed by atoms with E-state index in [9.17, 15) is 4.79 Å². The van der Waals surface area contributed by atoms with Gasteiger partial charge in [0.25, 0.3) is 0 Å². The van der Waals surface area contributed by atoms with Gasteiger partial charge in [-0.15, -0.1) is 0 Å². The second-order valence-electron chi connectivity index (χ2n) is 5.36. The van der Waals surface area contributed by atoms with Crippen LogP contribution < -0.4 is 11.1 Å². The zero-order chi connectivity index (χ0) is 14.9. The Balaban J connectivity index is 1.56. The highest BCUT2D eigenvalue weighted by Gasteiger charge is 2.09. The first-order chi connectivity index (χ1) is 10.3. The Bertz CT molecular complexity index is 445. The van der Waals surface area contributed by atoms with Crippen molar-refractivity contribution in [1.29, 1.82) is 0 Å². The number of carbonyl (C=O) groups excluding carboxylic acids is 1. The highest BCUT2D eigenvalue weighted by molar-refractivity contribution is 5.76. The van der Waals surface area contributed by atoms with Gasteiger partial charge in [-0.2, -0.15) is 0 Å². The number of carbonyl (C=O) groups is 1. The van der Waals surface area contributed by atoms with E-state index in [-0.39, 0.29) is 5.91 Å². The number of hydrogen-bond acceptors (Lipinski definition) is 4. The van der Waals surface area contributed by atoms with Crippen molar-refractivity contribution in [2.24, 2.45) is 0 Å². The number of aryl methyl sites for hydroxylation is 1. The van der Waals surface area contributed by atoms with E-state index < -0.39 is 0 Å². The van der Waals surface area contributed by atoms with Crippen LogP contribution in [0.5, 0.6) is 0 Å². The van der Waals surface area contributed by atoms with Crippen LogP contribution in [-0.2, 0) is 16.0 Å². The van der Waals surface area contributed by atoms with Crippen LogP contribution >= 0.6 is 0 Å². The molecule has 2 rings (SSSR count). The van der Waals surface area contributed by atoms with Crippen LogP contribution in [0.15, 0.2) is 24.3 Å². The quantitative estimate of drug-likeness (QED) is 0.582. The molecule has 1 amide bonds. The van der Waals surface area contributed by atoms with E-state index >= 15 is 0 Å². The zero-order valence-electron chi connectivity index (χ0n) is 12.5. The minimum absolute atomic E-state index is 0.0974. The minimum Gasteiger partial charge on any atom is -0.399 e. The molecule has 1 aliphatic heterocycles. The van der Waals surface area contributed by atoms with E-state index in [0.717, 1.165) is 57.1 Å². The molecule has 1 aromatic rings. The van der Waals surface area contributed by atoms with Gasteiger partial charge in [0.05, 0.1) is 13.2 Å². The maximum absolute atomic E-state index is 11.8. The van der Waals surface area contributed by atoms with E-state index in [0.29, 0.717) is 12.8 Å². The van der Waals surface area contributed by atoms with Gasteiger partial charge in [-0.1, -0.05) is 18.2 Å². The van der Waals surface area contributed by atoms with E-state index in [1.807, 2.05) is 24.3 Å². The Morgan fingerprint density at radius 2 is 2.05 bits per heavy atom. The summed E-state index contributed by atoms with van der Waals surface area (Å²) in [6.07, 6.45) is 2.17. The van der Waals surface area contributed by atoms with Crippen LogP contribution in [0.25, 0.3) is 0 Å². The summed E-state index contributed by atoms with van der Waals surface area (Å²) in [6, 6.07) is 7.70. The largest absolute Gasteiger partial charge is 0.399 e. The third-order valence-electron chi connectivity index (χ3n) is 3.75. The lowest BCUT2D eigenvalue weighted by Gasteiger charge is -2.26. The molecule has 21 heavy (non-hydrogen) atoms. The Kier molecular flexibility index (Phi) is 6.50. The first-order valence-corrected chi connectivity index (χ1v) is 7.66. The van der Waals surface area contributed by atoms with Crippen LogP contribution in [0.4, 0.5) is 5.69 Å². The Morgan fingerprint density at radius 3 is 2.81 bits per heavy atom. The van der Waals surface area contributed by atoms with Crippen LogP contribution in [0, 0.1) is 0 Å². The maximum atomic E-state index is 11.8. The molecule has 1 aromatic carbocycles. The number of nitrogens with one attached hydrogen (secondary N) is 1. The zero-order valence-corrected chi connectivity index (χ0v) is 12.5. The fraction of sp³-hybridized carbons (Fsp3) is 0.562. The average Bonchev–Trinajstić information content (AvgIpc) is 2.52. The topological polar surface area (TPSA) is 67.6 Å². The Labute approximate surface area is 126 Å². The molecule has 0 aromatic heterocycles. The van der Waals surface area contributed by atoms with Crippen molar-refractivity contribution in [3.63, 3.8) is 0 Å². The molecule has 116 valence electrons. The SMILES string of the molecule is Nc1ccccc1CCC(=O)NCCCN1CCOCC1. The summed E-state index contributed by atoms with van der Waals surface area (Å²) in [5, 5.41) is 2.97. The number of anilines is 1. The fourth-order valence-electron chi connectivity index (χ4n) is 2.45. The van der Waals surface area contributed by atoms with E-state index in [4.69, 9.17) is 10.5 Å². The van der Waals surface area contributed by atoms with Gasteiger partial charge in [0.2, 0.25) is 5.91 Å². The molecule has 1 fully saturated rings. The molecule has 0 unspecified atom stereocenters. The van der Waals surface area contributed by atoms with Crippen molar-refractivity contribution in [2.75, 3.05) is 45.1 Å². The summed E-state index contributed by atoms with van der Waals surface area (Å²) in [4.78, 5) is 14.2. The lowest BCUT2D eigenvalue weighted by atomic mass is 10.1. The number of amides is 1. The molecule has 1 heterocycles. The van der Waals surface area contributed by atoms with Gasteiger partial charge in [0.1, 0.15) is 0 Å². The van der Waals surface area contributed by atoms with E-state index in [1.165, 1.54) is 0 Å². The van der Waals surface area contributed by atoms with E-state index in [2.05, 4.69) is 10.2 Å². The van der Waals surface area contributed by atoms with Crippen LogP contribution in [0.3, 0.4) is 0 Å². The number of nitrogens with two attached hydrogens (primary N) is 1. The number of nitrogen functional groups attached to an aromatic ring is 1. The molecule has 0 radical (unpaired) electrons. The van der Waals surface area contributed by atoms with Crippen molar-refractivity contribution in [3.05, 3.63) is 29.8 Å². The van der Waals surface area contributed by atoms with Gasteiger partial charge >= 0.3 is 0 Å². The van der Waals surface area contributed by atoms with Gasteiger partial charge in [-0.3, -0.25) is 9.69 Å². The van der Waals surface area contributed by atoms with Crippen LogP contribution in [0.1, 0.15) is 18.4 Å². The minimum atomic E-state index is 0.0974. The van der Waals surface area contributed by atoms with Crippen molar-refractivity contribution in [1.82, 2.24) is 10.2 Å². The molecule has 5 nitrogen and oxygen atoms in total. The van der Waals surface area contributed by atoms with Crippen LogP contribution in [0.2, 0.25) is 0 Å². The number of hydrogen-bond donors (Lipinski definition) is 2. The van der Waals surface area contributed by atoms with Gasteiger partial charge in [0.15, 0.2) is 0 Å². The smallest absolute Gasteiger partial charge is 0.220 e. The number of ether oxygens (including phenoxy) is 1. The van der Waals surface area contributed by atoms with Gasteiger partial charge in [-0.05, 0) is 31.0 Å². The molecule has 5 heteroatoms. The predicted molar refractivity (Wildman–Crippen MR) is 84.1 cm³/mol. The maximum Gasteiger partial charge on any atom is 0.220 e. The van der Waals surface area contributed by atoms with Gasteiger partial charge < -0.3 is 15.8 Å². The molecule has 0 bridgehead atoms. The number of morpholine rings is 1. The van der Waals surface area contributed by atoms with Crippen LogP contribution in [-0.4, -0.2) is 50.2 Å². The molecular weight excluding hydrogens is 266 g/mol. The summed E-state index contributed by atoms with van der Waals surface area (Å²) < 4.78 is 5.31. The fourth-order valence-corrected chi connectivity index (χ4v) is 2.45. The molecule has 0 spiro atoms. The number of benzene rings is 1. The highest BCUT2D eigenvalue weighted by atomic mass is 16.5. The molecule has 0 aliphatic carbocycles. The Morgan fingerprint density at radius 1 is 1.29 bits per heavy atom. The van der Waals surface area contributed by atoms with Gasteiger partial charge in [0, 0.05) is 31.7 Å². The summed E-state index contributed by atoms with van der Waals surface area (Å²) >= 11 is 0. The van der Waals surface area contributed by atoms with Crippen molar-refractivity contribution in [3.8, 4) is 0 Å².